The summed E-state index contributed by atoms with van der Waals surface area (Å²) < 4.78 is 22.8. The van der Waals surface area contributed by atoms with Gasteiger partial charge in [0, 0.05) is 34.4 Å². The zero-order valence-corrected chi connectivity index (χ0v) is 25.6. The normalized spacial score (nSPS) is 12.0. The van der Waals surface area contributed by atoms with Crippen molar-refractivity contribution in [1.29, 1.82) is 0 Å². The Balaban J connectivity index is 1.47. The Kier molecular flexibility index (Phi) is 6.14. The van der Waals surface area contributed by atoms with E-state index in [0.29, 0.717) is 5.58 Å². The van der Waals surface area contributed by atoms with Gasteiger partial charge in [-0.15, -0.1) is 0 Å². The minimum Gasteiger partial charge on any atom is -0.455 e. The topological polar surface area (TPSA) is 17.0 Å². The summed E-state index contributed by atoms with van der Waals surface area (Å²) in [5.41, 5.74) is 8.27. The van der Waals surface area contributed by atoms with Gasteiger partial charge in [0.15, 0.2) is 0 Å². The second-order valence-corrected chi connectivity index (χ2v) is 15.7. The molecule has 0 spiro atoms. The number of hydrogen-bond acceptors (Lipinski definition) is 1. The van der Waals surface area contributed by atoms with Crippen LogP contribution in [-0.2, 0) is 7.05 Å². The number of fused-ring (bicyclic) bond motifs is 4. The maximum Gasteiger partial charge on any atom is 0.217 e. The van der Waals surface area contributed by atoms with Crippen LogP contribution in [-0.4, -0.2) is 8.07 Å². The number of aromatic nitrogens is 1. The minimum atomic E-state index is -2.24. The zero-order chi connectivity index (χ0) is 29.2. The highest BCUT2D eigenvalue weighted by molar-refractivity contribution is 7.10. The highest BCUT2D eigenvalue weighted by atomic mass is 28.3. The summed E-state index contributed by atoms with van der Waals surface area (Å²) in [5.74, 6) is -0.291. The van der Waals surface area contributed by atoms with Crippen LogP contribution in [0.2, 0.25) is 6.55 Å². The molecule has 2 heterocycles. The van der Waals surface area contributed by atoms with Gasteiger partial charge >= 0.3 is 0 Å². The van der Waals surface area contributed by atoms with Gasteiger partial charge in [0.25, 0.3) is 0 Å². The van der Waals surface area contributed by atoms with E-state index in [-0.39, 0.29) is 5.82 Å². The molecule has 0 atom stereocenters. The molecule has 0 amide bonds. The first-order valence-corrected chi connectivity index (χ1v) is 16.9. The lowest BCUT2D eigenvalue weighted by Gasteiger charge is -2.29. The van der Waals surface area contributed by atoms with Crippen molar-refractivity contribution in [3.8, 4) is 11.3 Å². The van der Waals surface area contributed by atoms with Gasteiger partial charge in [0.2, 0.25) is 11.2 Å². The molecule has 0 unspecified atom stereocenters. The van der Waals surface area contributed by atoms with Crippen molar-refractivity contribution in [3.63, 3.8) is 0 Å². The molecule has 2 aromatic heterocycles. The maximum absolute atomic E-state index is 14.1. The van der Waals surface area contributed by atoms with Crippen molar-refractivity contribution in [1.82, 2.24) is 0 Å². The van der Waals surface area contributed by atoms with Gasteiger partial charge in [-0.2, -0.15) is 4.57 Å². The van der Waals surface area contributed by atoms with E-state index in [9.17, 15) is 4.39 Å². The lowest BCUT2D eigenvalue weighted by molar-refractivity contribution is -0.633. The molecular weight excluding hydrogens is 534 g/mol. The van der Waals surface area contributed by atoms with Crippen LogP contribution in [0.4, 0.5) is 4.39 Å². The van der Waals surface area contributed by atoms with E-state index in [4.69, 9.17) is 4.42 Å². The Morgan fingerprint density at radius 3 is 1.98 bits per heavy atom. The fraction of sp³-hybridized carbons (Fsp3) is 0.132. The van der Waals surface area contributed by atoms with E-state index in [1.165, 1.54) is 55.3 Å². The van der Waals surface area contributed by atoms with Crippen LogP contribution in [0.25, 0.3) is 44.1 Å². The first kappa shape index (κ1) is 26.4. The van der Waals surface area contributed by atoms with E-state index < -0.39 is 8.07 Å². The Morgan fingerprint density at radius 2 is 1.31 bits per heavy atom. The standard InChI is InChI=1S/C38H33FNOSi/c1-24-20-33-31-18-16-27(39)22-36(31)41-38(33)37(26(24)3)35-21-25(2)32-23-30(17-19-34(32)40(35)4)42(5,28-12-8-6-9-13-28)29-14-10-7-11-15-29/h6-23H,1-5H3/q+1. The van der Waals surface area contributed by atoms with Crippen LogP contribution >= 0.6 is 0 Å². The highest BCUT2D eigenvalue weighted by Gasteiger charge is 2.35. The molecule has 42 heavy (non-hydrogen) atoms. The Hall–Kier alpha value is -4.54. The summed E-state index contributed by atoms with van der Waals surface area (Å²) in [6.07, 6.45) is 0. The molecule has 0 saturated carbocycles. The lowest BCUT2D eigenvalue weighted by Crippen LogP contribution is -2.64. The number of halogens is 1. The second-order valence-electron chi connectivity index (χ2n) is 11.7. The number of hydrogen-bond donors (Lipinski definition) is 0. The van der Waals surface area contributed by atoms with E-state index in [0.717, 1.165) is 27.6 Å². The van der Waals surface area contributed by atoms with Gasteiger partial charge in [-0.05, 0) is 77.3 Å². The Morgan fingerprint density at radius 1 is 0.643 bits per heavy atom. The summed E-state index contributed by atoms with van der Waals surface area (Å²) in [6, 6.07) is 38.2. The summed E-state index contributed by atoms with van der Waals surface area (Å²) in [6.45, 7) is 8.95. The van der Waals surface area contributed by atoms with E-state index in [1.54, 1.807) is 0 Å². The molecular formula is C38H33FNOSi+. The van der Waals surface area contributed by atoms with Gasteiger partial charge < -0.3 is 4.42 Å². The molecule has 0 radical (unpaired) electrons. The number of pyridine rings is 1. The largest absolute Gasteiger partial charge is 0.455 e. The molecule has 0 bridgehead atoms. The average Bonchev–Trinajstić information content (AvgIpc) is 3.36. The fourth-order valence-electron chi connectivity index (χ4n) is 6.67. The van der Waals surface area contributed by atoms with Gasteiger partial charge in [0.05, 0.1) is 5.56 Å². The van der Waals surface area contributed by atoms with Crippen molar-refractivity contribution in [3.05, 3.63) is 132 Å². The molecule has 0 aliphatic carbocycles. The Labute approximate surface area is 246 Å². The molecule has 7 rings (SSSR count). The third-order valence-electron chi connectivity index (χ3n) is 9.28. The molecule has 0 N–H and O–H groups in total. The molecule has 0 saturated heterocycles. The lowest BCUT2D eigenvalue weighted by atomic mass is 9.95. The number of aryl methyl sites for hydroxylation is 3. The Bertz CT molecular complexity index is 2110. The third-order valence-corrected chi connectivity index (χ3v) is 13.7. The van der Waals surface area contributed by atoms with E-state index >= 15 is 0 Å². The third kappa shape index (κ3) is 3.93. The van der Waals surface area contributed by atoms with Crippen molar-refractivity contribution in [2.75, 3.05) is 0 Å². The van der Waals surface area contributed by atoms with Crippen LogP contribution in [0.3, 0.4) is 0 Å². The first-order chi connectivity index (χ1) is 20.3. The van der Waals surface area contributed by atoms with E-state index in [2.05, 4.69) is 130 Å². The van der Waals surface area contributed by atoms with Crippen LogP contribution in [0.15, 0.2) is 114 Å². The first-order valence-electron chi connectivity index (χ1n) is 14.4. The maximum atomic E-state index is 14.1. The number of furan rings is 1. The smallest absolute Gasteiger partial charge is 0.217 e. The molecule has 5 aromatic carbocycles. The molecule has 0 aliphatic heterocycles. The summed E-state index contributed by atoms with van der Waals surface area (Å²) in [7, 11) is -0.107. The van der Waals surface area contributed by atoms with Gasteiger partial charge in [0.1, 0.15) is 32.1 Å². The summed E-state index contributed by atoms with van der Waals surface area (Å²) in [5, 5.41) is 7.38. The zero-order valence-electron chi connectivity index (χ0n) is 24.6. The minimum absolute atomic E-state index is 0.291. The van der Waals surface area contributed by atoms with Crippen molar-refractivity contribution < 1.29 is 13.4 Å². The van der Waals surface area contributed by atoms with Crippen molar-refractivity contribution >= 4 is 56.5 Å². The van der Waals surface area contributed by atoms with Crippen LogP contribution in [0.5, 0.6) is 0 Å². The molecule has 0 aliphatic rings. The number of benzene rings is 5. The summed E-state index contributed by atoms with van der Waals surface area (Å²) >= 11 is 0. The molecule has 0 fully saturated rings. The van der Waals surface area contributed by atoms with Crippen LogP contribution in [0, 0.1) is 26.6 Å². The number of rotatable bonds is 4. The predicted octanol–water partition coefficient (Wildman–Crippen LogP) is 7.40. The number of nitrogens with zero attached hydrogens (tertiary/aromatic N) is 1. The van der Waals surface area contributed by atoms with Gasteiger partial charge in [-0.3, -0.25) is 0 Å². The average molecular weight is 567 g/mol. The van der Waals surface area contributed by atoms with Gasteiger partial charge in [-0.1, -0.05) is 73.3 Å². The second kappa shape index (κ2) is 9.78. The van der Waals surface area contributed by atoms with Crippen molar-refractivity contribution in [2.24, 2.45) is 7.05 Å². The highest BCUT2D eigenvalue weighted by Crippen LogP contribution is 2.39. The van der Waals surface area contributed by atoms with Gasteiger partial charge in [-0.25, -0.2) is 4.39 Å². The van der Waals surface area contributed by atoms with Crippen LogP contribution < -0.4 is 20.1 Å². The summed E-state index contributed by atoms with van der Waals surface area (Å²) in [4.78, 5) is 0. The fourth-order valence-corrected chi connectivity index (χ4v) is 10.2. The quantitative estimate of drug-likeness (QED) is 0.123. The van der Waals surface area contributed by atoms with Crippen molar-refractivity contribution in [2.45, 2.75) is 27.3 Å². The van der Waals surface area contributed by atoms with Crippen LogP contribution in [0.1, 0.15) is 16.7 Å². The molecule has 2 nitrogen and oxygen atoms in total. The molecule has 7 aromatic rings. The predicted molar refractivity (Wildman–Crippen MR) is 175 cm³/mol. The SMILES string of the molecule is Cc1cc2c(oc3cc(F)ccc32)c(-c2cc(C)c3cc([Si](C)(c4ccccc4)c4ccccc4)ccc3[n+]2C)c1C. The monoisotopic (exact) mass is 566 g/mol. The molecule has 206 valence electrons. The molecule has 4 heteroatoms. The van der Waals surface area contributed by atoms with E-state index in [1.807, 2.05) is 6.07 Å².